The number of nitrogens with zero attached hydrogens (tertiary/aromatic N) is 1. The molecule has 0 fully saturated rings. The minimum absolute atomic E-state index is 0.145. The standard InChI is InChI=1S/C18H21F2NO3/c1-2-7-23-13-16(22)11-21(12-17-4-3-8-24-17)10-14-5-6-15(19)9-18(14)20/h2-6,8-9,16,22H,1,7,10-13H2. The molecule has 130 valence electrons. The van der Waals surface area contributed by atoms with Crippen LogP contribution in [0.4, 0.5) is 8.78 Å². The van der Waals surface area contributed by atoms with E-state index in [4.69, 9.17) is 9.15 Å². The summed E-state index contributed by atoms with van der Waals surface area (Å²) < 4.78 is 37.5. The Morgan fingerprint density at radius 3 is 2.79 bits per heavy atom. The summed E-state index contributed by atoms with van der Waals surface area (Å²) >= 11 is 0. The molecule has 6 heteroatoms. The smallest absolute Gasteiger partial charge is 0.130 e. The molecule has 0 saturated heterocycles. The van der Waals surface area contributed by atoms with E-state index in [9.17, 15) is 13.9 Å². The first-order chi connectivity index (χ1) is 11.6. The van der Waals surface area contributed by atoms with Gasteiger partial charge in [0.05, 0.1) is 32.1 Å². The fourth-order valence-electron chi connectivity index (χ4n) is 2.34. The van der Waals surface area contributed by atoms with Gasteiger partial charge in [-0.3, -0.25) is 4.90 Å². The predicted molar refractivity (Wildman–Crippen MR) is 86.2 cm³/mol. The molecular formula is C18H21F2NO3. The van der Waals surface area contributed by atoms with Crippen LogP contribution in [0, 0.1) is 11.6 Å². The van der Waals surface area contributed by atoms with Gasteiger partial charge >= 0.3 is 0 Å². The second-order valence-corrected chi connectivity index (χ2v) is 5.46. The minimum Gasteiger partial charge on any atom is -0.468 e. The largest absolute Gasteiger partial charge is 0.468 e. The first kappa shape index (κ1) is 18.3. The Bertz CT molecular complexity index is 631. The second kappa shape index (κ2) is 9.32. The van der Waals surface area contributed by atoms with Gasteiger partial charge in [0.15, 0.2) is 0 Å². The number of halogens is 2. The Balaban J connectivity index is 2.02. The Morgan fingerprint density at radius 1 is 1.29 bits per heavy atom. The highest BCUT2D eigenvalue weighted by molar-refractivity contribution is 5.18. The molecule has 24 heavy (non-hydrogen) atoms. The average Bonchev–Trinajstić information content (AvgIpc) is 3.03. The highest BCUT2D eigenvalue weighted by atomic mass is 19.1. The van der Waals surface area contributed by atoms with E-state index in [-0.39, 0.29) is 19.7 Å². The molecule has 2 rings (SSSR count). The number of furan rings is 1. The van der Waals surface area contributed by atoms with Crippen LogP contribution in [0.15, 0.2) is 53.7 Å². The van der Waals surface area contributed by atoms with E-state index in [0.29, 0.717) is 24.5 Å². The van der Waals surface area contributed by atoms with Crippen molar-refractivity contribution in [2.24, 2.45) is 0 Å². The fraction of sp³-hybridized carbons (Fsp3) is 0.333. The van der Waals surface area contributed by atoms with Crippen LogP contribution in [0.1, 0.15) is 11.3 Å². The van der Waals surface area contributed by atoms with Gasteiger partial charge in [-0.05, 0) is 18.2 Å². The van der Waals surface area contributed by atoms with Gasteiger partial charge in [0.2, 0.25) is 0 Å². The molecule has 0 amide bonds. The molecular weight excluding hydrogens is 316 g/mol. The number of ether oxygens (including phenoxy) is 1. The Kier molecular flexibility index (Phi) is 7.11. The fourth-order valence-corrected chi connectivity index (χ4v) is 2.34. The van der Waals surface area contributed by atoms with E-state index in [1.54, 1.807) is 24.5 Å². The maximum atomic E-state index is 13.9. The molecule has 1 N–H and O–H groups in total. The summed E-state index contributed by atoms with van der Waals surface area (Å²) in [5.41, 5.74) is 0.349. The predicted octanol–water partition coefficient (Wildman–Crippen LogP) is 3.12. The monoisotopic (exact) mass is 337 g/mol. The summed E-state index contributed by atoms with van der Waals surface area (Å²) in [5.74, 6) is -0.541. The van der Waals surface area contributed by atoms with Crippen molar-refractivity contribution in [1.29, 1.82) is 0 Å². The van der Waals surface area contributed by atoms with Crippen molar-refractivity contribution in [3.05, 3.63) is 72.2 Å². The van der Waals surface area contributed by atoms with E-state index in [1.807, 2.05) is 4.90 Å². The zero-order chi connectivity index (χ0) is 17.4. The normalized spacial score (nSPS) is 12.5. The summed E-state index contributed by atoms with van der Waals surface area (Å²) in [7, 11) is 0. The molecule has 0 radical (unpaired) electrons. The molecule has 0 aliphatic rings. The molecule has 0 spiro atoms. The van der Waals surface area contributed by atoms with Crippen molar-refractivity contribution in [2.75, 3.05) is 19.8 Å². The summed E-state index contributed by atoms with van der Waals surface area (Å²) in [6, 6.07) is 7.03. The lowest BCUT2D eigenvalue weighted by molar-refractivity contribution is 0.0213. The lowest BCUT2D eigenvalue weighted by Gasteiger charge is -2.24. The van der Waals surface area contributed by atoms with Crippen LogP contribution in [0.3, 0.4) is 0 Å². The number of hydrogen-bond acceptors (Lipinski definition) is 4. The molecule has 1 aromatic heterocycles. The maximum Gasteiger partial charge on any atom is 0.130 e. The SMILES string of the molecule is C=CCOCC(O)CN(Cc1ccco1)Cc1ccc(F)cc1F. The molecule has 1 aromatic carbocycles. The summed E-state index contributed by atoms with van der Waals surface area (Å²) in [5, 5.41) is 10.1. The molecule has 1 heterocycles. The van der Waals surface area contributed by atoms with Gasteiger partial charge < -0.3 is 14.3 Å². The summed E-state index contributed by atoms with van der Waals surface area (Å²) in [6.45, 7) is 4.90. The zero-order valence-corrected chi connectivity index (χ0v) is 13.3. The molecule has 4 nitrogen and oxygen atoms in total. The van der Waals surface area contributed by atoms with E-state index < -0.39 is 17.7 Å². The topological polar surface area (TPSA) is 45.8 Å². The third-order valence-corrected chi connectivity index (χ3v) is 3.38. The quantitative estimate of drug-likeness (QED) is 0.534. The van der Waals surface area contributed by atoms with Gasteiger partial charge in [0, 0.05) is 24.7 Å². The van der Waals surface area contributed by atoms with E-state index >= 15 is 0 Å². The first-order valence-corrected chi connectivity index (χ1v) is 7.64. The third kappa shape index (κ3) is 5.88. The number of rotatable bonds is 10. The summed E-state index contributed by atoms with van der Waals surface area (Å²) in [4.78, 5) is 1.82. The zero-order valence-electron chi connectivity index (χ0n) is 13.3. The van der Waals surface area contributed by atoms with Gasteiger partial charge in [-0.2, -0.15) is 0 Å². The molecule has 0 aliphatic carbocycles. The van der Waals surface area contributed by atoms with Crippen molar-refractivity contribution in [3.8, 4) is 0 Å². The van der Waals surface area contributed by atoms with Gasteiger partial charge in [-0.25, -0.2) is 8.78 Å². The number of aliphatic hydroxyl groups excluding tert-OH is 1. The van der Waals surface area contributed by atoms with Crippen LogP contribution < -0.4 is 0 Å². The van der Waals surface area contributed by atoms with Crippen LogP contribution in [-0.4, -0.2) is 35.9 Å². The summed E-state index contributed by atoms with van der Waals surface area (Å²) in [6.07, 6.45) is 2.40. The highest BCUT2D eigenvalue weighted by Crippen LogP contribution is 2.15. The van der Waals surface area contributed by atoms with Crippen molar-refractivity contribution in [1.82, 2.24) is 4.90 Å². The molecule has 1 atom stereocenters. The van der Waals surface area contributed by atoms with Crippen molar-refractivity contribution in [3.63, 3.8) is 0 Å². The number of benzene rings is 1. The lowest BCUT2D eigenvalue weighted by Crippen LogP contribution is -2.34. The van der Waals surface area contributed by atoms with E-state index in [2.05, 4.69) is 6.58 Å². The van der Waals surface area contributed by atoms with Gasteiger partial charge in [-0.15, -0.1) is 6.58 Å². The molecule has 0 saturated carbocycles. The van der Waals surface area contributed by atoms with Crippen molar-refractivity contribution < 1.29 is 23.0 Å². The van der Waals surface area contributed by atoms with Crippen LogP contribution in [0.2, 0.25) is 0 Å². The number of hydrogen-bond donors (Lipinski definition) is 1. The van der Waals surface area contributed by atoms with E-state index in [1.165, 1.54) is 12.1 Å². The average molecular weight is 337 g/mol. The van der Waals surface area contributed by atoms with Crippen molar-refractivity contribution in [2.45, 2.75) is 19.2 Å². The van der Waals surface area contributed by atoms with Gasteiger partial charge in [-0.1, -0.05) is 12.1 Å². The molecule has 2 aromatic rings. The Morgan fingerprint density at radius 2 is 2.12 bits per heavy atom. The minimum atomic E-state index is -0.747. The maximum absolute atomic E-state index is 13.9. The molecule has 0 aliphatic heterocycles. The van der Waals surface area contributed by atoms with Crippen molar-refractivity contribution >= 4 is 0 Å². The van der Waals surface area contributed by atoms with Crippen LogP contribution >= 0.6 is 0 Å². The van der Waals surface area contributed by atoms with Gasteiger partial charge in [0.1, 0.15) is 17.4 Å². The number of aliphatic hydroxyl groups is 1. The van der Waals surface area contributed by atoms with Crippen LogP contribution in [-0.2, 0) is 17.8 Å². The molecule has 0 bridgehead atoms. The van der Waals surface area contributed by atoms with Gasteiger partial charge in [0.25, 0.3) is 0 Å². The van der Waals surface area contributed by atoms with Crippen LogP contribution in [0.25, 0.3) is 0 Å². The highest BCUT2D eigenvalue weighted by Gasteiger charge is 2.16. The Hall–Kier alpha value is -2.02. The molecule has 1 unspecified atom stereocenters. The lowest BCUT2D eigenvalue weighted by atomic mass is 10.1. The third-order valence-electron chi connectivity index (χ3n) is 3.38. The second-order valence-electron chi connectivity index (χ2n) is 5.46. The first-order valence-electron chi connectivity index (χ1n) is 7.64. The van der Waals surface area contributed by atoms with E-state index in [0.717, 1.165) is 6.07 Å². The van der Waals surface area contributed by atoms with Crippen LogP contribution in [0.5, 0.6) is 0 Å². The Labute approximate surface area is 140 Å².